The average Bonchev–Trinajstić information content (AvgIpc) is 2.90. The van der Waals surface area contributed by atoms with Crippen molar-refractivity contribution in [1.82, 2.24) is 8.75 Å². The molecule has 0 aliphatic carbocycles. The van der Waals surface area contributed by atoms with E-state index in [1.165, 1.54) is 0 Å². The molecule has 3 N–H and O–H groups in total. The van der Waals surface area contributed by atoms with Gasteiger partial charge in [-0.1, -0.05) is 41.5 Å². The second kappa shape index (κ2) is 5.73. The van der Waals surface area contributed by atoms with Crippen LogP contribution in [0.3, 0.4) is 0 Å². The summed E-state index contributed by atoms with van der Waals surface area (Å²) in [6.45, 7) is 0. The molecule has 2 aromatic carbocycles. The van der Waals surface area contributed by atoms with Crippen molar-refractivity contribution < 1.29 is 0 Å². The Morgan fingerprint density at radius 3 is 2.71 bits per heavy atom. The highest BCUT2D eigenvalue weighted by molar-refractivity contribution is 7.80. The molecule has 3 aromatic rings. The zero-order valence-corrected chi connectivity index (χ0v) is 13.6. The van der Waals surface area contributed by atoms with Crippen LogP contribution in [0.25, 0.3) is 11.0 Å². The maximum atomic E-state index is 6.26. The molecule has 1 heterocycles. The lowest BCUT2D eigenvalue weighted by molar-refractivity contribution is 1.52. The fraction of sp³-hybridized carbons (Fsp3) is 0. The summed E-state index contributed by atoms with van der Waals surface area (Å²) in [6, 6.07) is 8.94. The Morgan fingerprint density at radius 1 is 1.14 bits per heavy atom. The summed E-state index contributed by atoms with van der Waals surface area (Å²) >= 11 is 18.6. The fourth-order valence-electron chi connectivity index (χ4n) is 1.96. The van der Waals surface area contributed by atoms with Crippen LogP contribution in [-0.2, 0) is 0 Å². The van der Waals surface area contributed by atoms with Gasteiger partial charge in [0.05, 0.1) is 38.7 Å². The highest BCUT2D eigenvalue weighted by Crippen LogP contribution is 2.34. The molecule has 0 saturated carbocycles. The van der Waals surface area contributed by atoms with Gasteiger partial charge in [0.1, 0.15) is 16.0 Å². The molecule has 21 heavy (non-hydrogen) atoms. The van der Waals surface area contributed by atoms with Gasteiger partial charge in [-0.2, -0.15) is 8.75 Å². The van der Waals surface area contributed by atoms with Gasteiger partial charge in [0.15, 0.2) is 0 Å². The van der Waals surface area contributed by atoms with E-state index < -0.39 is 0 Å². The number of fused-ring (bicyclic) bond motifs is 1. The molecule has 1 aromatic heterocycles. The van der Waals surface area contributed by atoms with Gasteiger partial charge in [-0.05, 0) is 24.3 Å². The van der Waals surface area contributed by atoms with Crippen LogP contribution in [0.15, 0.2) is 30.3 Å². The molecule has 4 nitrogen and oxygen atoms in total. The molecule has 0 aliphatic rings. The smallest absolute Gasteiger partial charge is 0.129 e. The van der Waals surface area contributed by atoms with Crippen molar-refractivity contribution >= 4 is 74.5 Å². The zero-order chi connectivity index (χ0) is 15.0. The van der Waals surface area contributed by atoms with Crippen molar-refractivity contribution in [2.24, 2.45) is 5.73 Å². The molecule has 106 valence electrons. The first-order valence-electron chi connectivity index (χ1n) is 5.84. The van der Waals surface area contributed by atoms with E-state index in [4.69, 9.17) is 41.2 Å². The van der Waals surface area contributed by atoms with Gasteiger partial charge in [0, 0.05) is 0 Å². The summed E-state index contributed by atoms with van der Waals surface area (Å²) in [5.41, 5.74) is 9.12. The number of halogens is 2. The van der Waals surface area contributed by atoms with Crippen LogP contribution in [0.5, 0.6) is 0 Å². The summed E-state index contributed by atoms with van der Waals surface area (Å²) in [7, 11) is 0. The number of nitrogens with two attached hydrogens (primary N) is 1. The number of hydrogen-bond acceptors (Lipinski definition) is 5. The van der Waals surface area contributed by atoms with Crippen LogP contribution < -0.4 is 11.1 Å². The summed E-state index contributed by atoms with van der Waals surface area (Å²) < 4.78 is 8.45. The third kappa shape index (κ3) is 2.67. The Labute approximate surface area is 140 Å². The lowest BCUT2D eigenvalue weighted by Crippen LogP contribution is -2.12. The van der Waals surface area contributed by atoms with E-state index in [0.717, 1.165) is 17.2 Å². The lowest BCUT2D eigenvalue weighted by Gasteiger charge is -2.13. The number of nitrogens with one attached hydrogen (secondary N) is 1. The highest BCUT2D eigenvalue weighted by atomic mass is 35.5. The molecule has 8 heteroatoms. The first-order valence-corrected chi connectivity index (χ1v) is 7.73. The van der Waals surface area contributed by atoms with Gasteiger partial charge in [-0.15, -0.1) is 0 Å². The maximum Gasteiger partial charge on any atom is 0.129 e. The van der Waals surface area contributed by atoms with Crippen molar-refractivity contribution in [3.05, 3.63) is 45.9 Å². The largest absolute Gasteiger partial charge is 0.389 e. The van der Waals surface area contributed by atoms with Gasteiger partial charge in [0.2, 0.25) is 0 Å². The van der Waals surface area contributed by atoms with Crippen LogP contribution in [0.2, 0.25) is 10.0 Å². The summed E-state index contributed by atoms with van der Waals surface area (Å²) in [4.78, 5) is 0.211. The number of aromatic nitrogens is 2. The molecule has 0 atom stereocenters. The van der Waals surface area contributed by atoms with E-state index in [-0.39, 0.29) is 4.99 Å². The molecule has 0 fully saturated rings. The van der Waals surface area contributed by atoms with Crippen LogP contribution >= 0.6 is 47.1 Å². The van der Waals surface area contributed by atoms with E-state index >= 15 is 0 Å². The predicted molar refractivity (Wildman–Crippen MR) is 93.0 cm³/mol. The van der Waals surface area contributed by atoms with Gasteiger partial charge in [-0.3, -0.25) is 0 Å². The minimum absolute atomic E-state index is 0.211. The summed E-state index contributed by atoms with van der Waals surface area (Å²) in [6.07, 6.45) is 0. The monoisotopic (exact) mass is 354 g/mol. The Morgan fingerprint density at radius 2 is 1.95 bits per heavy atom. The Hall–Kier alpha value is -1.47. The molecule has 3 rings (SSSR count). The molecule has 0 amide bonds. The summed E-state index contributed by atoms with van der Waals surface area (Å²) in [5, 5.41) is 4.22. The van der Waals surface area contributed by atoms with Gasteiger partial charge < -0.3 is 11.1 Å². The van der Waals surface area contributed by atoms with E-state index in [0.29, 0.717) is 32.5 Å². The standard InChI is InChI=1S/C13H8Cl2N4S2/c14-6-2-1-3-8(10(6)13(16)20)17-11-7(15)4-5-9-12(11)19-21-18-9/h1-5,17H,(H2,16,20). The van der Waals surface area contributed by atoms with Crippen LogP contribution in [-0.4, -0.2) is 13.7 Å². The van der Waals surface area contributed by atoms with E-state index in [1.807, 2.05) is 12.1 Å². The second-order valence-electron chi connectivity index (χ2n) is 4.21. The minimum atomic E-state index is 0.211. The highest BCUT2D eigenvalue weighted by Gasteiger charge is 2.14. The molecule has 0 bridgehead atoms. The fourth-order valence-corrected chi connectivity index (χ4v) is 3.25. The van der Waals surface area contributed by atoms with Gasteiger partial charge in [-0.25, -0.2) is 0 Å². The quantitative estimate of drug-likeness (QED) is 0.683. The number of nitrogens with zero attached hydrogens (tertiary/aromatic N) is 2. The Kier molecular flexibility index (Phi) is 3.95. The molecule has 0 saturated heterocycles. The summed E-state index contributed by atoms with van der Waals surface area (Å²) in [5.74, 6) is 0. The van der Waals surface area contributed by atoms with Crippen LogP contribution in [0.4, 0.5) is 11.4 Å². The van der Waals surface area contributed by atoms with Crippen molar-refractivity contribution in [1.29, 1.82) is 0 Å². The topological polar surface area (TPSA) is 63.8 Å². The molecule has 0 aliphatic heterocycles. The number of rotatable bonds is 3. The van der Waals surface area contributed by atoms with Gasteiger partial charge in [0.25, 0.3) is 0 Å². The number of benzene rings is 2. The molecular formula is C13H8Cl2N4S2. The third-order valence-corrected chi connectivity index (χ3v) is 4.27. The molecular weight excluding hydrogens is 347 g/mol. The van der Waals surface area contributed by atoms with E-state index in [2.05, 4.69) is 14.1 Å². The number of thiocarbonyl (C=S) groups is 1. The maximum absolute atomic E-state index is 6.26. The Balaban J connectivity index is 2.15. The predicted octanol–water partition coefficient (Wildman–Crippen LogP) is 4.38. The third-order valence-electron chi connectivity index (χ3n) is 2.90. The van der Waals surface area contributed by atoms with E-state index in [1.54, 1.807) is 18.2 Å². The average molecular weight is 355 g/mol. The van der Waals surface area contributed by atoms with Gasteiger partial charge >= 0.3 is 0 Å². The number of hydrogen-bond donors (Lipinski definition) is 2. The van der Waals surface area contributed by atoms with Crippen LogP contribution in [0, 0.1) is 0 Å². The van der Waals surface area contributed by atoms with Crippen molar-refractivity contribution in [3.8, 4) is 0 Å². The van der Waals surface area contributed by atoms with Crippen LogP contribution in [0.1, 0.15) is 5.56 Å². The zero-order valence-electron chi connectivity index (χ0n) is 10.4. The normalized spacial score (nSPS) is 10.8. The molecule has 0 radical (unpaired) electrons. The molecule has 0 unspecified atom stereocenters. The Bertz CT molecular complexity index is 847. The van der Waals surface area contributed by atoms with E-state index in [9.17, 15) is 0 Å². The first kappa shape index (κ1) is 14.5. The molecule has 0 spiro atoms. The van der Waals surface area contributed by atoms with Crippen molar-refractivity contribution in [3.63, 3.8) is 0 Å². The number of anilines is 2. The second-order valence-corrected chi connectivity index (χ2v) is 5.99. The lowest BCUT2D eigenvalue weighted by atomic mass is 10.1. The van der Waals surface area contributed by atoms with Crippen molar-refractivity contribution in [2.75, 3.05) is 5.32 Å². The SMILES string of the molecule is NC(=S)c1c(Cl)cccc1Nc1c(Cl)ccc2nsnc12. The van der Waals surface area contributed by atoms with Crippen molar-refractivity contribution in [2.45, 2.75) is 0 Å². The first-order chi connectivity index (χ1) is 10.1. The minimum Gasteiger partial charge on any atom is -0.389 e.